The van der Waals surface area contributed by atoms with Crippen LogP contribution in [0.2, 0.25) is 0 Å². The Morgan fingerprint density at radius 2 is 2.12 bits per heavy atom. The molecule has 2 aliphatic rings. The summed E-state index contributed by atoms with van der Waals surface area (Å²) in [6.45, 7) is 2.87. The van der Waals surface area contributed by atoms with Gasteiger partial charge in [-0.3, -0.25) is 4.79 Å². The van der Waals surface area contributed by atoms with E-state index in [1.807, 2.05) is 6.92 Å². The quantitative estimate of drug-likeness (QED) is 0.765. The first kappa shape index (κ1) is 11.9. The van der Waals surface area contributed by atoms with Gasteiger partial charge in [-0.15, -0.1) is 0 Å². The molecule has 0 aliphatic heterocycles. The summed E-state index contributed by atoms with van der Waals surface area (Å²) in [7, 11) is 0. The van der Waals surface area contributed by atoms with Crippen LogP contribution >= 0.6 is 0 Å². The van der Waals surface area contributed by atoms with E-state index in [0.29, 0.717) is 0 Å². The van der Waals surface area contributed by atoms with Gasteiger partial charge >= 0.3 is 0 Å². The second kappa shape index (κ2) is 4.74. The van der Waals surface area contributed by atoms with E-state index < -0.39 is 0 Å². The molecule has 2 fully saturated rings. The number of nitrogens with one attached hydrogen (secondary N) is 1. The van der Waals surface area contributed by atoms with Crippen molar-refractivity contribution in [3.63, 3.8) is 0 Å². The van der Waals surface area contributed by atoms with E-state index in [0.717, 1.165) is 38.1 Å². The Hall–Kier alpha value is -0.570. The first-order valence-electron chi connectivity index (χ1n) is 6.66. The number of amides is 1. The molecule has 0 saturated heterocycles. The van der Waals surface area contributed by atoms with Gasteiger partial charge in [0, 0.05) is 12.1 Å². The average Bonchev–Trinajstić information content (AvgIpc) is 3.00. The van der Waals surface area contributed by atoms with Crippen LogP contribution < -0.4 is 11.1 Å². The molecule has 3 nitrogen and oxygen atoms in total. The highest BCUT2D eigenvalue weighted by Gasteiger charge is 2.37. The Balaban J connectivity index is 1.77. The lowest BCUT2D eigenvalue weighted by molar-refractivity contribution is -0.128. The van der Waals surface area contributed by atoms with E-state index in [-0.39, 0.29) is 17.4 Å². The maximum absolute atomic E-state index is 12.0. The minimum absolute atomic E-state index is 0.0282. The molecule has 2 atom stereocenters. The van der Waals surface area contributed by atoms with Gasteiger partial charge in [-0.1, -0.05) is 25.7 Å². The molecule has 0 aromatic carbocycles. The van der Waals surface area contributed by atoms with Crippen LogP contribution in [0.1, 0.15) is 51.9 Å². The van der Waals surface area contributed by atoms with Gasteiger partial charge in [-0.25, -0.2) is 0 Å². The van der Waals surface area contributed by atoms with E-state index in [1.54, 1.807) is 0 Å². The molecule has 0 bridgehead atoms. The second-order valence-corrected chi connectivity index (χ2v) is 5.83. The Kier molecular flexibility index (Phi) is 3.53. The third-order valence-corrected chi connectivity index (χ3v) is 4.12. The zero-order valence-corrected chi connectivity index (χ0v) is 10.3. The minimum Gasteiger partial charge on any atom is -0.356 e. The van der Waals surface area contributed by atoms with Crippen LogP contribution in [0.25, 0.3) is 0 Å². The molecule has 16 heavy (non-hydrogen) atoms. The van der Waals surface area contributed by atoms with E-state index in [2.05, 4.69) is 5.32 Å². The van der Waals surface area contributed by atoms with Crippen LogP contribution in [0.5, 0.6) is 0 Å². The maximum atomic E-state index is 12.0. The van der Waals surface area contributed by atoms with E-state index >= 15 is 0 Å². The van der Waals surface area contributed by atoms with Gasteiger partial charge < -0.3 is 11.1 Å². The van der Waals surface area contributed by atoms with Crippen LogP contribution in [0, 0.1) is 11.8 Å². The van der Waals surface area contributed by atoms with Crippen LogP contribution in [-0.2, 0) is 4.79 Å². The van der Waals surface area contributed by atoms with Crippen molar-refractivity contribution < 1.29 is 4.79 Å². The summed E-state index contributed by atoms with van der Waals surface area (Å²) in [4.78, 5) is 12.0. The largest absolute Gasteiger partial charge is 0.356 e. The topological polar surface area (TPSA) is 55.1 Å². The van der Waals surface area contributed by atoms with E-state index in [1.165, 1.54) is 19.3 Å². The van der Waals surface area contributed by atoms with Crippen molar-refractivity contribution in [3.8, 4) is 0 Å². The molecule has 2 saturated carbocycles. The summed E-state index contributed by atoms with van der Waals surface area (Å²) in [6, 6.07) is 0. The fourth-order valence-electron chi connectivity index (χ4n) is 2.72. The summed E-state index contributed by atoms with van der Waals surface area (Å²) in [6.07, 6.45) is 8.11. The van der Waals surface area contributed by atoms with Crippen LogP contribution in [-0.4, -0.2) is 18.0 Å². The second-order valence-electron chi connectivity index (χ2n) is 5.83. The van der Waals surface area contributed by atoms with Gasteiger partial charge in [0.25, 0.3) is 0 Å². The van der Waals surface area contributed by atoms with Gasteiger partial charge in [0.1, 0.15) is 0 Å². The van der Waals surface area contributed by atoms with E-state index in [4.69, 9.17) is 5.73 Å². The van der Waals surface area contributed by atoms with Crippen molar-refractivity contribution in [2.45, 2.75) is 57.4 Å². The average molecular weight is 224 g/mol. The molecule has 2 rings (SSSR count). The van der Waals surface area contributed by atoms with Crippen molar-refractivity contribution in [1.29, 1.82) is 0 Å². The summed E-state index contributed by atoms with van der Waals surface area (Å²) < 4.78 is 0. The predicted octanol–water partition coefficient (Wildman–Crippen LogP) is 1.81. The van der Waals surface area contributed by atoms with Gasteiger partial charge in [0.2, 0.25) is 5.91 Å². The standard InChI is InChI=1S/C13H24N2O/c1-13(14)8-3-2-4-11(13)12(16)15-9-7-10-5-6-10/h10-11H,2-9,14H2,1H3,(H,15,16). The molecule has 0 heterocycles. The molecule has 2 unspecified atom stereocenters. The SMILES string of the molecule is CC1(N)CCCCC1C(=O)NCCC1CC1. The normalized spacial score (nSPS) is 34.8. The third-order valence-electron chi connectivity index (χ3n) is 4.12. The monoisotopic (exact) mass is 224 g/mol. The molecule has 1 amide bonds. The summed E-state index contributed by atoms with van der Waals surface area (Å²) in [5.74, 6) is 1.10. The molecule has 0 aromatic heterocycles. The molecular formula is C13H24N2O. The highest BCUT2D eigenvalue weighted by atomic mass is 16.1. The van der Waals surface area contributed by atoms with Crippen LogP contribution in [0.15, 0.2) is 0 Å². The van der Waals surface area contributed by atoms with Gasteiger partial charge in [0.05, 0.1) is 5.92 Å². The van der Waals surface area contributed by atoms with Crippen molar-refractivity contribution >= 4 is 5.91 Å². The number of nitrogens with two attached hydrogens (primary N) is 1. The minimum atomic E-state index is -0.290. The van der Waals surface area contributed by atoms with Crippen LogP contribution in [0.3, 0.4) is 0 Å². The first-order chi connectivity index (χ1) is 7.59. The predicted molar refractivity (Wildman–Crippen MR) is 64.9 cm³/mol. The molecule has 3 heteroatoms. The third kappa shape index (κ3) is 2.97. The number of hydrogen-bond donors (Lipinski definition) is 2. The van der Waals surface area contributed by atoms with Crippen LogP contribution in [0.4, 0.5) is 0 Å². The van der Waals surface area contributed by atoms with Gasteiger partial charge in [-0.05, 0) is 32.1 Å². The number of rotatable bonds is 4. The Morgan fingerprint density at radius 1 is 1.38 bits per heavy atom. The van der Waals surface area contributed by atoms with Gasteiger partial charge in [-0.2, -0.15) is 0 Å². The molecule has 3 N–H and O–H groups in total. The van der Waals surface area contributed by atoms with Gasteiger partial charge in [0.15, 0.2) is 0 Å². The Labute approximate surface area is 98.2 Å². The Bertz CT molecular complexity index is 259. The molecule has 92 valence electrons. The van der Waals surface area contributed by atoms with Crippen molar-refractivity contribution in [2.75, 3.05) is 6.54 Å². The molecule has 0 aromatic rings. The summed E-state index contributed by atoms with van der Waals surface area (Å²) >= 11 is 0. The highest BCUT2D eigenvalue weighted by Crippen LogP contribution is 2.33. The highest BCUT2D eigenvalue weighted by molar-refractivity contribution is 5.80. The molecule has 2 aliphatic carbocycles. The maximum Gasteiger partial charge on any atom is 0.224 e. The number of carbonyl (C=O) groups excluding carboxylic acids is 1. The fraction of sp³-hybridized carbons (Fsp3) is 0.923. The zero-order chi connectivity index (χ0) is 11.6. The summed E-state index contributed by atoms with van der Waals surface area (Å²) in [5.41, 5.74) is 5.92. The Morgan fingerprint density at radius 3 is 2.75 bits per heavy atom. The summed E-state index contributed by atoms with van der Waals surface area (Å²) in [5, 5.41) is 3.06. The smallest absolute Gasteiger partial charge is 0.224 e. The number of carbonyl (C=O) groups is 1. The van der Waals surface area contributed by atoms with Crippen molar-refractivity contribution in [3.05, 3.63) is 0 Å². The molecule has 0 radical (unpaired) electrons. The van der Waals surface area contributed by atoms with E-state index in [9.17, 15) is 4.79 Å². The lowest BCUT2D eigenvalue weighted by Crippen LogP contribution is -2.52. The fourth-order valence-corrected chi connectivity index (χ4v) is 2.72. The zero-order valence-electron chi connectivity index (χ0n) is 10.3. The lowest BCUT2D eigenvalue weighted by atomic mass is 9.74. The van der Waals surface area contributed by atoms with Crippen molar-refractivity contribution in [1.82, 2.24) is 5.32 Å². The molecule has 0 spiro atoms. The number of hydrogen-bond acceptors (Lipinski definition) is 2. The van der Waals surface area contributed by atoms with Crippen molar-refractivity contribution in [2.24, 2.45) is 17.6 Å². The first-order valence-corrected chi connectivity index (χ1v) is 6.66. The molecular weight excluding hydrogens is 200 g/mol. The lowest BCUT2D eigenvalue weighted by Gasteiger charge is -2.37.